The van der Waals surface area contributed by atoms with Gasteiger partial charge in [-0.05, 0) is 5.56 Å². The van der Waals surface area contributed by atoms with Crippen LogP contribution in [0.15, 0.2) is 60.7 Å². The molecule has 2 aliphatic rings. The monoisotopic (exact) mass is 442 g/mol. The smallest absolute Gasteiger partial charge is 0.303 e. The minimum atomic E-state index is -1.00. The van der Waals surface area contributed by atoms with Crippen LogP contribution in [0.4, 0.5) is 0 Å². The summed E-state index contributed by atoms with van der Waals surface area (Å²) < 4.78 is 35.1. The zero-order valence-electron chi connectivity index (χ0n) is 17.9. The molecule has 0 N–H and O–H groups in total. The van der Waals surface area contributed by atoms with Gasteiger partial charge in [-0.25, -0.2) is 0 Å². The molecule has 2 aromatic rings. The van der Waals surface area contributed by atoms with Gasteiger partial charge in [0.05, 0.1) is 13.2 Å². The largest absolute Gasteiger partial charge is 0.455 e. The van der Waals surface area contributed by atoms with Gasteiger partial charge in [0.15, 0.2) is 24.8 Å². The average Bonchev–Trinajstić information content (AvgIpc) is 2.80. The van der Waals surface area contributed by atoms with Gasteiger partial charge in [-0.2, -0.15) is 0 Å². The highest BCUT2D eigenvalue weighted by molar-refractivity contribution is 5.67. The Morgan fingerprint density at radius 2 is 1.50 bits per heavy atom. The van der Waals surface area contributed by atoms with Crippen LogP contribution in [0.1, 0.15) is 31.3 Å². The van der Waals surface area contributed by atoms with E-state index in [1.165, 1.54) is 13.8 Å². The highest BCUT2D eigenvalue weighted by atomic mass is 16.8. The molecule has 2 aromatic carbocycles. The van der Waals surface area contributed by atoms with Crippen molar-refractivity contribution >= 4 is 11.9 Å². The Hall–Kier alpha value is -2.78. The van der Waals surface area contributed by atoms with Crippen LogP contribution < -0.4 is 0 Å². The summed E-state index contributed by atoms with van der Waals surface area (Å²) in [6, 6.07) is 18.9. The Kier molecular flexibility index (Phi) is 7.16. The molecule has 2 fully saturated rings. The molecule has 0 bridgehead atoms. The molecule has 4 rings (SSSR count). The van der Waals surface area contributed by atoms with E-state index in [1.807, 2.05) is 60.7 Å². The number of esters is 2. The summed E-state index contributed by atoms with van der Waals surface area (Å²) in [4.78, 5) is 23.8. The minimum absolute atomic E-state index is 0.194. The van der Waals surface area contributed by atoms with Gasteiger partial charge in [0, 0.05) is 19.4 Å². The topological polar surface area (TPSA) is 89.5 Å². The summed E-state index contributed by atoms with van der Waals surface area (Å²) in [6.07, 6.45) is -4.85. The molecule has 0 saturated carbocycles. The van der Waals surface area contributed by atoms with E-state index in [2.05, 4.69) is 0 Å². The zero-order valence-corrected chi connectivity index (χ0v) is 17.9. The lowest BCUT2D eigenvalue weighted by Crippen LogP contribution is -2.64. The summed E-state index contributed by atoms with van der Waals surface area (Å²) in [5.41, 5.74) is 1.74. The lowest BCUT2D eigenvalue weighted by Gasteiger charge is -2.48. The molecule has 2 heterocycles. The maximum Gasteiger partial charge on any atom is 0.303 e. The van der Waals surface area contributed by atoms with Crippen molar-refractivity contribution in [2.24, 2.45) is 0 Å². The number of carbonyl (C=O) groups is 2. The van der Waals surface area contributed by atoms with Crippen molar-refractivity contribution < 1.29 is 38.0 Å². The number of hydrogen-bond donors (Lipinski definition) is 0. The molecule has 8 heteroatoms. The molecule has 32 heavy (non-hydrogen) atoms. The third-order valence-electron chi connectivity index (χ3n) is 5.22. The minimum Gasteiger partial charge on any atom is -0.455 e. The number of fused-ring (bicyclic) bond motifs is 1. The maximum absolute atomic E-state index is 11.9. The normalized spacial score (nSPS) is 29.6. The van der Waals surface area contributed by atoms with Gasteiger partial charge in [-0.1, -0.05) is 60.7 Å². The maximum atomic E-state index is 11.9. The molecule has 0 aromatic heterocycles. The zero-order chi connectivity index (χ0) is 22.5. The summed E-state index contributed by atoms with van der Waals surface area (Å²) in [5, 5.41) is 0. The molecule has 0 amide bonds. The molecule has 6 atom stereocenters. The first-order valence-electron chi connectivity index (χ1n) is 10.5. The predicted molar refractivity (Wildman–Crippen MR) is 111 cm³/mol. The van der Waals surface area contributed by atoms with Crippen LogP contribution in [-0.4, -0.2) is 49.3 Å². The predicted octanol–water partition coefficient (Wildman–Crippen LogP) is 2.91. The van der Waals surface area contributed by atoms with Gasteiger partial charge in [0.1, 0.15) is 12.2 Å². The molecule has 2 saturated heterocycles. The second-order valence-electron chi connectivity index (χ2n) is 7.66. The third kappa shape index (κ3) is 5.34. The van der Waals surface area contributed by atoms with Crippen LogP contribution in [-0.2, 0) is 44.6 Å². The van der Waals surface area contributed by atoms with E-state index in [-0.39, 0.29) is 13.2 Å². The Morgan fingerprint density at radius 3 is 2.16 bits per heavy atom. The second kappa shape index (κ2) is 10.2. The molecule has 0 radical (unpaired) electrons. The van der Waals surface area contributed by atoms with Crippen LogP contribution >= 0.6 is 0 Å². The van der Waals surface area contributed by atoms with Crippen molar-refractivity contribution in [2.45, 2.75) is 57.5 Å². The van der Waals surface area contributed by atoms with Gasteiger partial charge >= 0.3 is 11.9 Å². The van der Waals surface area contributed by atoms with Gasteiger partial charge in [0.25, 0.3) is 0 Å². The molecular weight excluding hydrogens is 416 g/mol. The summed E-state index contributed by atoms with van der Waals surface area (Å²) >= 11 is 0. The van der Waals surface area contributed by atoms with Crippen molar-refractivity contribution in [3.8, 4) is 0 Å². The number of rotatable bonds is 6. The Morgan fingerprint density at radius 1 is 0.875 bits per heavy atom. The lowest BCUT2D eigenvalue weighted by atomic mass is 9.97. The molecule has 2 aliphatic heterocycles. The number of ether oxygens (including phenoxy) is 6. The molecule has 0 unspecified atom stereocenters. The average molecular weight is 442 g/mol. The fourth-order valence-corrected chi connectivity index (χ4v) is 3.86. The number of carbonyl (C=O) groups excluding carboxylic acids is 2. The molecular formula is C24H26O8. The van der Waals surface area contributed by atoms with E-state index in [0.717, 1.165) is 11.1 Å². The van der Waals surface area contributed by atoms with E-state index >= 15 is 0 Å². The van der Waals surface area contributed by atoms with Gasteiger partial charge < -0.3 is 28.4 Å². The van der Waals surface area contributed by atoms with Crippen molar-refractivity contribution in [3.05, 3.63) is 71.8 Å². The quantitative estimate of drug-likeness (QED) is 0.631. The Balaban J connectivity index is 1.57. The number of hydrogen-bond acceptors (Lipinski definition) is 8. The van der Waals surface area contributed by atoms with Crippen LogP contribution in [0.2, 0.25) is 0 Å². The van der Waals surface area contributed by atoms with Crippen molar-refractivity contribution in [2.75, 3.05) is 6.61 Å². The SMILES string of the molecule is CC(=O)O[C@@H]1[C@@H](OC(C)=O)[C@H](OCc2ccccc2)O[C@@H]2CO[C@H](c3ccccc3)O[C@@H]12. The van der Waals surface area contributed by atoms with Gasteiger partial charge in [-0.3, -0.25) is 9.59 Å². The third-order valence-corrected chi connectivity index (χ3v) is 5.22. The Labute approximate surface area is 186 Å². The van der Waals surface area contributed by atoms with Crippen molar-refractivity contribution in [1.82, 2.24) is 0 Å². The van der Waals surface area contributed by atoms with E-state index in [4.69, 9.17) is 28.4 Å². The fourth-order valence-electron chi connectivity index (χ4n) is 3.86. The van der Waals surface area contributed by atoms with Crippen LogP contribution in [0.25, 0.3) is 0 Å². The van der Waals surface area contributed by atoms with Crippen LogP contribution in [0, 0.1) is 0 Å². The van der Waals surface area contributed by atoms with Crippen molar-refractivity contribution in [1.29, 1.82) is 0 Å². The summed E-state index contributed by atoms with van der Waals surface area (Å²) in [7, 11) is 0. The second-order valence-corrected chi connectivity index (χ2v) is 7.66. The first-order chi connectivity index (χ1) is 15.5. The first-order valence-corrected chi connectivity index (χ1v) is 10.5. The van der Waals surface area contributed by atoms with Crippen LogP contribution in [0.3, 0.4) is 0 Å². The molecule has 0 aliphatic carbocycles. The lowest BCUT2D eigenvalue weighted by molar-refractivity contribution is -0.363. The van der Waals surface area contributed by atoms with Gasteiger partial charge in [0.2, 0.25) is 0 Å². The standard InChI is InChI=1S/C24H26O8/c1-15(25)29-21-20-19(14-28-23(32-20)18-11-7-4-8-12-18)31-24(22(21)30-16(2)26)27-13-17-9-5-3-6-10-17/h3-12,19-24H,13-14H2,1-2H3/t19-,20-,21+,22-,23+,24-/m1/s1. The Bertz CT molecular complexity index is 903. The number of benzene rings is 2. The van der Waals surface area contributed by atoms with E-state index < -0.39 is 48.9 Å². The molecule has 8 nitrogen and oxygen atoms in total. The summed E-state index contributed by atoms with van der Waals surface area (Å²) in [6.45, 7) is 2.99. The fraction of sp³-hybridized carbons (Fsp3) is 0.417. The van der Waals surface area contributed by atoms with Gasteiger partial charge in [-0.15, -0.1) is 0 Å². The molecule has 170 valence electrons. The summed E-state index contributed by atoms with van der Waals surface area (Å²) in [5.74, 6) is -1.07. The van der Waals surface area contributed by atoms with Crippen molar-refractivity contribution in [3.63, 3.8) is 0 Å². The molecule has 0 spiro atoms. The van der Waals surface area contributed by atoms with E-state index in [0.29, 0.717) is 0 Å². The highest BCUT2D eigenvalue weighted by Gasteiger charge is 2.53. The van der Waals surface area contributed by atoms with E-state index in [9.17, 15) is 9.59 Å². The van der Waals surface area contributed by atoms with E-state index in [1.54, 1.807) is 0 Å². The first kappa shape index (κ1) is 22.4. The van der Waals surface area contributed by atoms with Crippen LogP contribution in [0.5, 0.6) is 0 Å². The highest BCUT2D eigenvalue weighted by Crippen LogP contribution is 2.37.